The van der Waals surface area contributed by atoms with E-state index < -0.39 is 54.4 Å². The highest BCUT2D eigenvalue weighted by Crippen LogP contribution is 2.40. The largest absolute Gasteiger partial charge is 0.456 e. The van der Waals surface area contributed by atoms with Gasteiger partial charge in [0.15, 0.2) is 11.6 Å². The Hall–Kier alpha value is -7.25. The third-order valence-electron chi connectivity index (χ3n) is 9.52. The molecule has 0 aliphatic carbocycles. The van der Waals surface area contributed by atoms with E-state index in [9.17, 15) is 5.48 Å². The van der Waals surface area contributed by atoms with Gasteiger partial charge in [0, 0.05) is 60.3 Å². The minimum absolute atomic E-state index is 0.0882. The van der Waals surface area contributed by atoms with Gasteiger partial charge >= 0.3 is 0 Å². The van der Waals surface area contributed by atoms with E-state index >= 15 is 0 Å². The number of rotatable bonds is 3. The molecule has 0 radical (unpaired) electrons. The molecule has 7 nitrogen and oxygen atoms in total. The number of aromatic nitrogens is 4. The van der Waals surface area contributed by atoms with Gasteiger partial charge < -0.3 is 13.3 Å². The number of nitrogens with zero attached hydrogens (tertiary/aromatic N) is 4. The summed E-state index contributed by atoms with van der Waals surface area (Å²) in [6.45, 7) is 0. The number of hydrogen-bond acceptors (Lipinski definition) is 6. The lowest BCUT2D eigenvalue weighted by atomic mass is 10.1. The van der Waals surface area contributed by atoms with Gasteiger partial charge in [0.05, 0.1) is 24.7 Å². The Morgan fingerprint density at radius 2 is 1.17 bits per heavy atom. The zero-order valence-corrected chi connectivity index (χ0v) is 26.6. The summed E-state index contributed by atoms with van der Waals surface area (Å²) >= 11 is 0. The predicted molar refractivity (Wildman–Crippen MR) is 207 cm³/mol. The van der Waals surface area contributed by atoms with Crippen LogP contribution in [0.25, 0.3) is 116 Å². The Labute approximate surface area is 308 Å². The van der Waals surface area contributed by atoms with Crippen LogP contribution in [0.1, 0.15) is 13.7 Å². The summed E-state index contributed by atoms with van der Waals surface area (Å²) in [5.74, 6) is 0.157. The fourth-order valence-corrected chi connectivity index (χ4v) is 7.24. The van der Waals surface area contributed by atoms with Crippen LogP contribution in [-0.4, -0.2) is 19.5 Å². The van der Waals surface area contributed by atoms with Gasteiger partial charge in [-0.25, -0.2) is 4.98 Å². The zero-order chi connectivity index (χ0) is 42.6. The molecule has 0 saturated heterocycles. The average molecular weight is 679 g/mol. The van der Waals surface area contributed by atoms with Crippen LogP contribution >= 0.6 is 0 Å². The van der Waals surface area contributed by atoms with Crippen molar-refractivity contribution < 1.29 is 27.0 Å². The molecule has 0 bridgehead atoms. The van der Waals surface area contributed by atoms with Crippen LogP contribution in [0.4, 0.5) is 0 Å². The molecular formula is C45H24N4O3. The number of benzene rings is 7. The first-order chi connectivity index (χ1) is 29.9. The van der Waals surface area contributed by atoms with E-state index in [1.807, 2.05) is 72.8 Å². The second-order valence-electron chi connectivity index (χ2n) is 12.4. The average Bonchev–Trinajstić information content (AvgIpc) is 4.07. The van der Waals surface area contributed by atoms with Crippen LogP contribution in [0.15, 0.2) is 159 Å². The highest BCUT2D eigenvalue weighted by Gasteiger charge is 2.22. The van der Waals surface area contributed by atoms with Crippen LogP contribution in [0.3, 0.4) is 0 Å². The molecule has 0 aliphatic rings. The topological polar surface area (TPSA) is 83.0 Å². The minimum Gasteiger partial charge on any atom is -0.456 e. The lowest BCUT2D eigenvalue weighted by molar-refractivity contribution is 0.668. The Kier molecular flexibility index (Phi) is 3.87. The molecule has 0 N–H and O–H groups in total. The summed E-state index contributed by atoms with van der Waals surface area (Å²) < 4.78 is 109. The molecule has 5 aromatic heterocycles. The number of para-hydroxylation sites is 4. The van der Waals surface area contributed by atoms with Crippen LogP contribution < -0.4 is 0 Å². The lowest BCUT2D eigenvalue weighted by Crippen LogP contribution is -2.06. The van der Waals surface area contributed by atoms with Gasteiger partial charge in [-0.15, -0.1) is 0 Å². The fraction of sp³-hybridized carbons (Fsp3) is 0. The van der Waals surface area contributed by atoms with Gasteiger partial charge in [-0.2, -0.15) is 9.97 Å². The van der Waals surface area contributed by atoms with E-state index in [1.165, 1.54) is 4.57 Å². The molecule has 5 heterocycles. The molecule has 12 rings (SSSR count). The Morgan fingerprint density at radius 1 is 0.462 bits per heavy atom. The molecule has 12 aromatic rings. The molecule has 0 amide bonds. The van der Waals surface area contributed by atoms with Crippen molar-refractivity contribution in [1.29, 1.82) is 0 Å². The molecule has 0 spiro atoms. The summed E-state index contributed by atoms with van der Waals surface area (Å²) in [4.78, 5) is 15.0. The summed E-state index contributed by atoms with van der Waals surface area (Å²) in [5, 5.41) is 2.86. The second kappa shape index (κ2) is 10.2. The molecule has 0 unspecified atom stereocenters. The molecule has 7 heteroatoms. The Bertz CT molecular complexity index is 4020. The van der Waals surface area contributed by atoms with Crippen LogP contribution in [0, 0.1) is 0 Å². The maximum atomic E-state index is 9.71. The number of hydrogen-bond donors (Lipinski definition) is 0. The zero-order valence-electron chi connectivity index (χ0n) is 36.6. The Morgan fingerprint density at radius 3 is 2.10 bits per heavy atom. The molecule has 0 atom stereocenters. The molecule has 0 saturated carbocycles. The van der Waals surface area contributed by atoms with E-state index in [0.717, 1.165) is 16.2 Å². The van der Waals surface area contributed by atoms with Crippen LogP contribution in [-0.2, 0) is 0 Å². The minimum atomic E-state index is -0.582. The highest BCUT2D eigenvalue weighted by molar-refractivity contribution is 6.17. The van der Waals surface area contributed by atoms with Crippen molar-refractivity contribution in [2.75, 3.05) is 0 Å². The first-order valence-electron chi connectivity index (χ1n) is 21.4. The maximum absolute atomic E-state index is 9.71. The van der Waals surface area contributed by atoms with E-state index in [2.05, 4.69) is 0 Å². The van der Waals surface area contributed by atoms with E-state index in [4.69, 9.17) is 36.4 Å². The van der Waals surface area contributed by atoms with Crippen molar-refractivity contribution in [2.24, 2.45) is 0 Å². The summed E-state index contributed by atoms with van der Waals surface area (Å²) in [5.41, 5.74) is 2.78. The van der Waals surface area contributed by atoms with Gasteiger partial charge in [-0.3, -0.25) is 4.57 Å². The van der Waals surface area contributed by atoms with Crippen molar-refractivity contribution in [3.05, 3.63) is 145 Å². The number of furan rings is 3. The monoisotopic (exact) mass is 678 g/mol. The Balaban J connectivity index is 1.26. The molecule has 52 heavy (non-hydrogen) atoms. The third kappa shape index (κ3) is 3.82. The number of fused-ring (bicyclic) bond motifs is 12. The molecule has 242 valence electrons. The van der Waals surface area contributed by atoms with E-state index in [1.54, 1.807) is 12.1 Å². The van der Waals surface area contributed by atoms with Gasteiger partial charge in [0.1, 0.15) is 33.5 Å². The molecule has 0 aliphatic heterocycles. The normalized spacial score (nSPS) is 14.9. The predicted octanol–water partition coefficient (Wildman–Crippen LogP) is 12.0. The molecule has 7 aromatic carbocycles. The van der Waals surface area contributed by atoms with Gasteiger partial charge in [0.2, 0.25) is 5.95 Å². The van der Waals surface area contributed by atoms with E-state index in [-0.39, 0.29) is 67.4 Å². The van der Waals surface area contributed by atoms with Gasteiger partial charge in [0.25, 0.3) is 0 Å². The van der Waals surface area contributed by atoms with E-state index in [0.29, 0.717) is 38.8 Å². The highest BCUT2D eigenvalue weighted by atomic mass is 16.3. The van der Waals surface area contributed by atoms with Crippen molar-refractivity contribution in [3.8, 4) is 28.7 Å². The van der Waals surface area contributed by atoms with Crippen LogP contribution in [0.5, 0.6) is 0 Å². The standard InChI is InChI=1S/C45H24N4O3/c1-5-15-34-26(10-1)32-23-33-28-12-3-7-17-37(28)52-41(33)24-35(32)49(34)45-47-43(25-20-21-29-27-11-2-6-16-36(27)51-40(29)22-25)46-44(48-45)31-14-9-19-39-42(31)30-13-4-8-18-38(30)50-39/h1-24H/i1D,3D,5D,7D,10D,12D,15D,17D,23D,24D. The van der Waals surface area contributed by atoms with Crippen molar-refractivity contribution in [3.63, 3.8) is 0 Å². The summed E-state index contributed by atoms with van der Waals surface area (Å²) in [7, 11) is 0. The van der Waals surface area contributed by atoms with Crippen molar-refractivity contribution in [2.45, 2.75) is 0 Å². The van der Waals surface area contributed by atoms with Gasteiger partial charge in [-0.05, 0) is 48.5 Å². The van der Waals surface area contributed by atoms with Crippen molar-refractivity contribution >= 4 is 87.6 Å². The maximum Gasteiger partial charge on any atom is 0.238 e. The first-order valence-corrected chi connectivity index (χ1v) is 16.4. The second-order valence-corrected chi connectivity index (χ2v) is 12.4. The first kappa shape index (κ1) is 19.8. The smallest absolute Gasteiger partial charge is 0.238 e. The third-order valence-corrected chi connectivity index (χ3v) is 9.52. The molecular weight excluding hydrogens is 645 g/mol. The van der Waals surface area contributed by atoms with Gasteiger partial charge in [-0.1, -0.05) is 90.9 Å². The molecule has 0 fully saturated rings. The fourth-order valence-electron chi connectivity index (χ4n) is 7.24. The SMILES string of the molecule is [2H]c1c([2H])c([2H])c2c(oc3c([2H])c4c(c([2H])c32)c2c([2H])c([2H])c([2H])c([2H])c2n4-c2nc(-c3ccc4c(c3)oc3ccccc34)nc(-c3cccc4oc5ccccc5c34)n2)c1[2H]. The van der Waals surface area contributed by atoms with Crippen LogP contribution in [0.2, 0.25) is 0 Å². The van der Waals surface area contributed by atoms with Crippen molar-refractivity contribution in [1.82, 2.24) is 19.5 Å². The lowest BCUT2D eigenvalue weighted by Gasteiger charge is -2.11. The summed E-state index contributed by atoms with van der Waals surface area (Å²) in [6, 6.07) is 21.2. The summed E-state index contributed by atoms with van der Waals surface area (Å²) in [6.07, 6.45) is 0. The quantitative estimate of drug-likeness (QED) is 0.185.